The van der Waals surface area contributed by atoms with Crippen molar-refractivity contribution >= 4 is 57.0 Å². The number of ether oxygens (including phenoxy) is 1. The van der Waals surface area contributed by atoms with Crippen molar-refractivity contribution in [3.8, 4) is 0 Å². The lowest BCUT2D eigenvalue weighted by Gasteiger charge is -2.06. The van der Waals surface area contributed by atoms with E-state index in [1.807, 2.05) is 24.3 Å². The SMILES string of the molecule is CN1C(=O)c2ccc(NC(=O)COC(=O)/C=C/c3nc4ccccc4s3)cc2C1=O. The van der Waals surface area contributed by atoms with Gasteiger partial charge in [-0.25, -0.2) is 9.78 Å². The van der Waals surface area contributed by atoms with Crippen molar-refractivity contribution in [1.82, 2.24) is 9.88 Å². The predicted octanol–water partition coefficient (Wildman–Crippen LogP) is 2.72. The zero-order chi connectivity index (χ0) is 21.3. The smallest absolute Gasteiger partial charge is 0.331 e. The molecule has 1 aromatic heterocycles. The maximum Gasteiger partial charge on any atom is 0.331 e. The van der Waals surface area contributed by atoms with Gasteiger partial charge in [-0.05, 0) is 36.4 Å². The minimum atomic E-state index is -0.680. The first-order chi connectivity index (χ1) is 14.4. The van der Waals surface area contributed by atoms with E-state index in [1.54, 1.807) is 0 Å². The van der Waals surface area contributed by atoms with Crippen molar-refractivity contribution in [3.05, 3.63) is 64.7 Å². The third-order valence-corrected chi connectivity index (χ3v) is 5.39. The topological polar surface area (TPSA) is 106 Å². The first-order valence-corrected chi connectivity index (χ1v) is 9.71. The number of hydrogen-bond donors (Lipinski definition) is 1. The Hall–Kier alpha value is -3.85. The van der Waals surface area contributed by atoms with E-state index < -0.39 is 24.4 Å². The maximum atomic E-state index is 12.0. The standard InChI is InChI=1S/C21H15N3O5S/c1-24-20(27)13-7-6-12(10-14(13)21(24)28)22-17(25)11-29-19(26)9-8-18-23-15-4-2-3-5-16(15)30-18/h2-10H,11H2,1H3,(H,22,25)/b9-8+. The summed E-state index contributed by atoms with van der Waals surface area (Å²) < 4.78 is 5.93. The molecule has 1 aliphatic heterocycles. The number of carbonyl (C=O) groups is 4. The number of para-hydroxylation sites is 1. The number of amides is 3. The summed E-state index contributed by atoms with van der Waals surface area (Å²) in [7, 11) is 1.39. The Morgan fingerprint density at radius 3 is 2.70 bits per heavy atom. The summed E-state index contributed by atoms with van der Waals surface area (Å²) in [5.74, 6) is -2.07. The molecular formula is C21H15N3O5S. The molecule has 0 spiro atoms. The molecule has 0 unspecified atom stereocenters. The van der Waals surface area contributed by atoms with Gasteiger partial charge in [-0.1, -0.05) is 12.1 Å². The second-order valence-electron chi connectivity index (χ2n) is 6.44. The number of carbonyl (C=O) groups excluding carboxylic acids is 4. The highest BCUT2D eigenvalue weighted by molar-refractivity contribution is 7.19. The number of benzene rings is 2. The van der Waals surface area contributed by atoms with Gasteiger partial charge in [0.05, 0.1) is 21.3 Å². The molecule has 1 N–H and O–H groups in total. The minimum Gasteiger partial charge on any atom is -0.452 e. The number of fused-ring (bicyclic) bond motifs is 2. The highest BCUT2D eigenvalue weighted by Crippen LogP contribution is 2.25. The lowest BCUT2D eigenvalue weighted by atomic mass is 10.1. The molecule has 0 radical (unpaired) electrons. The first kappa shape index (κ1) is 19.5. The number of nitrogens with one attached hydrogen (secondary N) is 1. The molecule has 0 saturated heterocycles. The van der Waals surface area contributed by atoms with Crippen LogP contribution in [0.3, 0.4) is 0 Å². The van der Waals surface area contributed by atoms with Gasteiger partial charge in [-0.2, -0.15) is 0 Å². The highest BCUT2D eigenvalue weighted by Gasteiger charge is 2.32. The summed E-state index contributed by atoms with van der Waals surface area (Å²) in [5.41, 5.74) is 1.68. The molecule has 1 aliphatic rings. The van der Waals surface area contributed by atoms with E-state index in [9.17, 15) is 19.2 Å². The van der Waals surface area contributed by atoms with Crippen LogP contribution < -0.4 is 5.32 Å². The number of rotatable bonds is 5. The van der Waals surface area contributed by atoms with Crippen molar-refractivity contribution in [2.45, 2.75) is 0 Å². The number of anilines is 1. The van der Waals surface area contributed by atoms with Crippen LogP contribution >= 0.6 is 11.3 Å². The quantitative estimate of drug-likeness (QED) is 0.386. The van der Waals surface area contributed by atoms with E-state index in [2.05, 4.69) is 10.3 Å². The van der Waals surface area contributed by atoms with Crippen LogP contribution in [0.5, 0.6) is 0 Å². The van der Waals surface area contributed by atoms with E-state index in [4.69, 9.17) is 4.74 Å². The van der Waals surface area contributed by atoms with E-state index in [0.717, 1.165) is 15.1 Å². The summed E-state index contributed by atoms with van der Waals surface area (Å²) in [5, 5.41) is 3.19. The van der Waals surface area contributed by atoms with Crippen LogP contribution in [0.2, 0.25) is 0 Å². The molecule has 30 heavy (non-hydrogen) atoms. The normalized spacial score (nSPS) is 13.2. The number of hydrogen-bond acceptors (Lipinski definition) is 7. The van der Waals surface area contributed by atoms with Crippen LogP contribution in [0.15, 0.2) is 48.5 Å². The molecule has 0 saturated carbocycles. The number of nitrogens with zero attached hydrogens (tertiary/aromatic N) is 2. The molecule has 3 amide bonds. The molecule has 0 aliphatic carbocycles. The molecule has 0 fully saturated rings. The van der Waals surface area contributed by atoms with Crippen molar-refractivity contribution < 1.29 is 23.9 Å². The van der Waals surface area contributed by atoms with Crippen LogP contribution in [0.1, 0.15) is 25.7 Å². The van der Waals surface area contributed by atoms with E-state index in [-0.39, 0.29) is 17.0 Å². The zero-order valence-electron chi connectivity index (χ0n) is 15.7. The molecule has 150 valence electrons. The molecule has 2 aromatic carbocycles. The van der Waals surface area contributed by atoms with Crippen LogP contribution in [0.25, 0.3) is 16.3 Å². The Morgan fingerprint density at radius 2 is 1.90 bits per heavy atom. The third kappa shape index (κ3) is 3.83. The average molecular weight is 421 g/mol. The van der Waals surface area contributed by atoms with E-state index in [1.165, 1.54) is 48.7 Å². The van der Waals surface area contributed by atoms with Gasteiger partial charge >= 0.3 is 5.97 Å². The third-order valence-electron chi connectivity index (χ3n) is 4.39. The van der Waals surface area contributed by atoms with Gasteiger partial charge in [0.15, 0.2) is 6.61 Å². The van der Waals surface area contributed by atoms with Gasteiger partial charge in [0.2, 0.25) is 0 Å². The van der Waals surface area contributed by atoms with Gasteiger partial charge in [-0.3, -0.25) is 19.3 Å². The Bertz CT molecular complexity index is 1200. The molecule has 3 aromatic rings. The fourth-order valence-electron chi connectivity index (χ4n) is 2.92. The fraction of sp³-hybridized carbons (Fsp3) is 0.0952. The molecule has 0 atom stereocenters. The highest BCUT2D eigenvalue weighted by atomic mass is 32.1. The van der Waals surface area contributed by atoms with Crippen LogP contribution in [0.4, 0.5) is 5.69 Å². The molecule has 9 heteroatoms. The lowest BCUT2D eigenvalue weighted by Crippen LogP contribution is -2.24. The second kappa shape index (κ2) is 7.88. The summed E-state index contributed by atoms with van der Waals surface area (Å²) in [4.78, 5) is 53.2. The number of thiazole rings is 1. The van der Waals surface area contributed by atoms with Gasteiger partial charge in [-0.15, -0.1) is 11.3 Å². The molecule has 4 rings (SSSR count). The van der Waals surface area contributed by atoms with Crippen molar-refractivity contribution in [1.29, 1.82) is 0 Å². The van der Waals surface area contributed by atoms with Gasteiger partial charge in [0.25, 0.3) is 17.7 Å². The summed E-state index contributed by atoms with van der Waals surface area (Å²) in [6, 6.07) is 12.0. The van der Waals surface area contributed by atoms with Crippen molar-refractivity contribution in [2.24, 2.45) is 0 Å². The Labute approximate surface area is 174 Å². The summed E-state index contributed by atoms with van der Waals surface area (Å²) in [6.45, 7) is -0.493. The summed E-state index contributed by atoms with van der Waals surface area (Å²) >= 11 is 1.44. The van der Waals surface area contributed by atoms with Crippen LogP contribution in [-0.4, -0.2) is 47.2 Å². The fourth-order valence-corrected chi connectivity index (χ4v) is 3.79. The van der Waals surface area contributed by atoms with E-state index in [0.29, 0.717) is 10.7 Å². The van der Waals surface area contributed by atoms with Gasteiger partial charge in [0.1, 0.15) is 5.01 Å². The monoisotopic (exact) mass is 421 g/mol. The summed E-state index contributed by atoms with van der Waals surface area (Å²) in [6.07, 6.45) is 2.74. The van der Waals surface area contributed by atoms with Crippen LogP contribution in [0, 0.1) is 0 Å². The van der Waals surface area contributed by atoms with Crippen LogP contribution in [-0.2, 0) is 14.3 Å². The van der Waals surface area contributed by atoms with Crippen molar-refractivity contribution in [2.75, 3.05) is 19.0 Å². The van der Waals surface area contributed by atoms with Gasteiger partial charge in [0, 0.05) is 18.8 Å². The Balaban J connectivity index is 1.32. The van der Waals surface area contributed by atoms with Gasteiger partial charge < -0.3 is 10.1 Å². The molecule has 8 nitrogen and oxygen atoms in total. The van der Waals surface area contributed by atoms with E-state index >= 15 is 0 Å². The Morgan fingerprint density at radius 1 is 1.13 bits per heavy atom. The zero-order valence-corrected chi connectivity index (χ0v) is 16.6. The number of aromatic nitrogens is 1. The largest absolute Gasteiger partial charge is 0.452 e. The van der Waals surface area contributed by atoms with Crippen molar-refractivity contribution in [3.63, 3.8) is 0 Å². The maximum absolute atomic E-state index is 12.0. The molecular weight excluding hydrogens is 406 g/mol. The molecule has 0 bridgehead atoms. The first-order valence-electron chi connectivity index (χ1n) is 8.89. The Kier molecular flexibility index (Phi) is 5.11. The second-order valence-corrected chi connectivity index (χ2v) is 7.50. The molecule has 2 heterocycles. The number of imide groups is 1. The predicted molar refractivity (Wildman–Crippen MR) is 111 cm³/mol. The lowest BCUT2D eigenvalue weighted by molar-refractivity contribution is -0.142. The number of esters is 1. The average Bonchev–Trinajstić information content (AvgIpc) is 3.25. The minimum absolute atomic E-state index is 0.219.